The molecule has 4 nitrogen and oxygen atoms in total. The highest BCUT2D eigenvalue weighted by Gasteiger charge is 2.33. The zero-order chi connectivity index (χ0) is 14.0. The topological polar surface area (TPSA) is 52.1 Å². The molecule has 112 valence electrons. The third-order valence-electron chi connectivity index (χ3n) is 4.92. The number of aliphatic hydroxyl groups is 1. The summed E-state index contributed by atoms with van der Waals surface area (Å²) < 4.78 is 0. The van der Waals surface area contributed by atoms with Crippen LogP contribution in [0.1, 0.15) is 62.4 Å². The zero-order valence-corrected chi connectivity index (χ0v) is 12.6. The van der Waals surface area contributed by atoms with Crippen LogP contribution in [0, 0.1) is 6.92 Å². The molecule has 1 aromatic rings. The van der Waals surface area contributed by atoms with Gasteiger partial charge in [0.2, 0.25) is 0 Å². The second-order valence-corrected chi connectivity index (χ2v) is 6.81. The molecule has 0 aromatic carbocycles. The summed E-state index contributed by atoms with van der Waals surface area (Å²) in [5, 5.41) is 10.7. The van der Waals surface area contributed by atoms with Crippen molar-refractivity contribution in [2.75, 3.05) is 19.6 Å². The van der Waals surface area contributed by atoms with Crippen molar-refractivity contribution in [1.82, 2.24) is 14.9 Å². The maximum atomic E-state index is 10.7. The van der Waals surface area contributed by atoms with E-state index in [4.69, 9.17) is 0 Å². The van der Waals surface area contributed by atoms with Crippen LogP contribution < -0.4 is 0 Å². The molecular weight excluding hydrogens is 250 g/mol. The first-order valence-electron chi connectivity index (χ1n) is 8.11. The lowest BCUT2D eigenvalue weighted by Gasteiger charge is -2.40. The van der Waals surface area contributed by atoms with Crippen LogP contribution in [0.15, 0.2) is 6.20 Å². The molecule has 1 aliphatic carbocycles. The summed E-state index contributed by atoms with van der Waals surface area (Å²) in [5.41, 5.74) is 0.710. The van der Waals surface area contributed by atoms with Crippen LogP contribution in [0.4, 0.5) is 0 Å². The Morgan fingerprint density at radius 3 is 2.85 bits per heavy atom. The van der Waals surface area contributed by atoms with E-state index in [0.717, 1.165) is 44.0 Å². The molecule has 2 fully saturated rings. The number of likely N-dealkylation sites (tertiary alicyclic amines) is 1. The summed E-state index contributed by atoms with van der Waals surface area (Å²) in [6, 6.07) is 0. The van der Waals surface area contributed by atoms with E-state index < -0.39 is 5.60 Å². The van der Waals surface area contributed by atoms with Crippen molar-refractivity contribution in [1.29, 1.82) is 0 Å². The molecule has 0 spiro atoms. The first-order valence-corrected chi connectivity index (χ1v) is 8.11. The van der Waals surface area contributed by atoms with Crippen LogP contribution in [-0.4, -0.2) is 45.2 Å². The summed E-state index contributed by atoms with van der Waals surface area (Å²) >= 11 is 0. The number of nitrogens with one attached hydrogen (secondary N) is 1. The predicted octanol–water partition coefficient (Wildman–Crippen LogP) is 2.59. The molecule has 1 aliphatic heterocycles. The second-order valence-electron chi connectivity index (χ2n) is 6.81. The van der Waals surface area contributed by atoms with E-state index in [1.54, 1.807) is 0 Å². The van der Waals surface area contributed by atoms with Gasteiger partial charge >= 0.3 is 0 Å². The number of aryl methyl sites for hydroxylation is 1. The lowest BCUT2D eigenvalue weighted by atomic mass is 9.83. The molecule has 1 atom stereocenters. The van der Waals surface area contributed by atoms with Gasteiger partial charge in [0.15, 0.2) is 0 Å². The van der Waals surface area contributed by atoms with Gasteiger partial charge in [-0.05, 0) is 39.2 Å². The molecule has 0 amide bonds. The van der Waals surface area contributed by atoms with E-state index in [1.165, 1.54) is 32.1 Å². The lowest BCUT2D eigenvalue weighted by molar-refractivity contribution is -0.0315. The van der Waals surface area contributed by atoms with Gasteiger partial charge in [0.1, 0.15) is 5.82 Å². The van der Waals surface area contributed by atoms with Crippen molar-refractivity contribution < 1.29 is 5.11 Å². The van der Waals surface area contributed by atoms with Crippen molar-refractivity contribution >= 4 is 0 Å². The lowest BCUT2D eigenvalue weighted by Crippen LogP contribution is -2.47. The van der Waals surface area contributed by atoms with E-state index in [-0.39, 0.29) is 0 Å². The van der Waals surface area contributed by atoms with Gasteiger partial charge in [-0.2, -0.15) is 0 Å². The summed E-state index contributed by atoms with van der Waals surface area (Å²) in [4.78, 5) is 10.3. The van der Waals surface area contributed by atoms with Crippen molar-refractivity contribution in [3.63, 3.8) is 0 Å². The van der Waals surface area contributed by atoms with Gasteiger partial charge in [-0.3, -0.25) is 4.90 Å². The van der Waals surface area contributed by atoms with Crippen molar-refractivity contribution in [3.8, 4) is 0 Å². The molecule has 3 rings (SSSR count). The fraction of sp³-hybridized carbons (Fsp3) is 0.812. The highest BCUT2D eigenvalue weighted by atomic mass is 16.3. The van der Waals surface area contributed by atoms with Crippen molar-refractivity contribution in [2.24, 2.45) is 0 Å². The number of hydrogen-bond acceptors (Lipinski definition) is 3. The first-order chi connectivity index (χ1) is 9.65. The number of nitrogens with zero attached hydrogens (tertiary/aromatic N) is 2. The minimum absolute atomic E-state index is 0.431. The van der Waals surface area contributed by atoms with Crippen LogP contribution in [0.25, 0.3) is 0 Å². The number of imidazole rings is 1. The third kappa shape index (κ3) is 3.23. The molecule has 20 heavy (non-hydrogen) atoms. The quantitative estimate of drug-likeness (QED) is 0.893. The molecule has 4 heteroatoms. The standard InChI is InChI=1S/C16H27N3O/c1-13-10-17-15(18-13)14-6-5-9-19(11-14)12-16(20)7-3-2-4-8-16/h10,14,20H,2-9,11-12H2,1H3,(H,17,18). The van der Waals surface area contributed by atoms with E-state index in [9.17, 15) is 5.11 Å². The monoisotopic (exact) mass is 277 g/mol. The number of aromatic amines is 1. The average Bonchev–Trinajstić information content (AvgIpc) is 2.86. The van der Waals surface area contributed by atoms with Gasteiger partial charge in [-0.15, -0.1) is 0 Å². The predicted molar refractivity (Wildman–Crippen MR) is 79.8 cm³/mol. The van der Waals surface area contributed by atoms with Gasteiger partial charge in [0, 0.05) is 30.9 Å². The van der Waals surface area contributed by atoms with Crippen molar-refractivity contribution in [3.05, 3.63) is 17.7 Å². The van der Waals surface area contributed by atoms with Crippen LogP contribution in [0.2, 0.25) is 0 Å². The fourth-order valence-electron chi connectivity index (χ4n) is 3.85. The molecule has 2 heterocycles. The Kier molecular flexibility index (Phi) is 4.13. The van der Waals surface area contributed by atoms with Crippen LogP contribution in [0.3, 0.4) is 0 Å². The summed E-state index contributed by atoms with van der Waals surface area (Å²) in [6.45, 7) is 5.07. The van der Waals surface area contributed by atoms with Gasteiger partial charge < -0.3 is 10.1 Å². The number of β-amino-alcohol motifs (C(OH)–C–C–N with tert-alkyl or cyclic N) is 1. The maximum absolute atomic E-state index is 10.7. The molecule has 1 unspecified atom stereocenters. The number of aromatic nitrogens is 2. The van der Waals surface area contributed by atoms with Crippen LogP contribution in [0.5, 0.6) is 0 Å². The van der Waals surface area contributed by atoms with E-state index in [2.05, 4.69) is 21.8 Å². The fourth-order valence-corrected chi connectivity index (χ4v) is 3.85. The molecular formula is C16H27N3O. The molecule has 2 N–H and O–H groups in total. The summed E-state index contributed by atoms with van der Waals surface area (Å²) in [7, 11) is 0. The minimum Gasteiger partial charge on any atom is -0.389 e. The molecule has 1 aromatic heterocycles. The second kappa shape index (κ2) is 5.86. The van der Waals surface area contributed by atoms with E-state index in [1.807, 2.05) is 6.20 Å². The number of hydrogen-bond donors (Lipinski definition) is 2. The van der Waals surface area contributed by atoms with Crippen molar-refractivity contribution in [2.45, 2.75) is 63.4 Å². The molecule has 1 saturated heterocycles. The smallest absolute Gasteiger partial charge is 0.110 e. The first kappa shape index (κ1) is 14.1. The van der Waals surface area contributed by atoms with Crippen LogP contribution >= 0.6 is 0 Å². The number of piperidine rings is 1. The summed E-state index contributed by atoms with van der Waals surface area (Å²) in [6.07, 6.45) is 9.96. The Morgan fingerprint density at radius 2 is 2.15 bits per heavy atom. The maximum Gasteiger partial charge on any atom is 0.110 e. The Hall–Kier alpha value is -0.870. The average molecular weight is 277 g/mol. The largest absolute Gasteiger partial charge is 0.389 e. The molecule has 2 aliphatic rings. The number of rotatable bonds is 3. The SMILES string of the molecule is Cc1cnc(C2CCCN(CC3(O)CCCCC3)C2)[nH]1. The van der Waals surface area contributed by atoms with Gasteiger partial charge in [-0.25, -0.2) is 4.98 Å². The summed E-state index contributed by atoms with van der Waals surface area (Å²) in [5.74, 6) is 1.63. The molecule has 0 radical (unpaired) electrons. The van der Waals surface area contributed by atoms with Gasteiger partial charge in [0.25, 0.3) is 0 Å². The Balaban J connectivity index is 1.60. The Labute approximate surface area is 121 Å². The van der Waals surface area contributed by atoms with Gasteiger partial charge in [-0.1, -0.05) is 19.3 Å². The highest BCUT2D eigenvalue weighted by Crippen LogP contribution is 2.31. The van der Waals surface area contributed by atoms with Crippen LogP contribution in [-0.2, 0) is 0 Å². The normalized spacial score (nSPS) is 27.6. The minimum atomic E-state index is -0.431. The number of H-pyrrole nitrogens is 1. The Morgan fingerprint density at radius 1 is 1.35 bits per heavy atom. The van der Waals surface area contributed by atoms with E-state index in [0.29, 0.717) is 5.92 Å². The Bertz CT molecular complexity index is 437. The highest BCUT2D eigenvalue weighted by molar-refractivity contribution is 5.06. The third-order valence-corrected chi connectivity index (χ3v) is 4.92. The zero-order valence-electron chi connectivity index (χ0n) is 12.6. The molecule has 0 bridgehead atoms. The van der Waals surface area contributed by atoms with Gasteiger partial charge in [0.05, 0.1) is 5.60 Å². The molecule has 1 saturated carbocycles. The van der Waals surface area contributed by atoms with E-state index >= 15 is 0 Å².